The van der Waals surface area contributed by atoms with Gasteiger partial charge in [-0.15, -0.1) is 0 Å². The highest BCUT2D eigenvalue weighted by molar-refractivity contribution is 5.71. The van der Waals surface area contributed by atoms with E-state index < -0.39 is 5.97 Å². The fourth-order valence-corrected chi connectivity index (χ4v) is 3.32. The van der Waals surface area contributed by atoms with E-state index in [1.165, 1.54) is 0 Å². The molecule has 1 aromatic rings. The second kappa shape index (κ2) is 5.95. The number of hydrogen-bond acceptors (Lipinski definition) is 3. The van der Waals surface area contributed by atoms with Crippen molar-refractivity contribution in [2.45, 2.75) is 46.2 Å². The molecule has 0 saturated heterocycles. The normalized spacial score (nSPS) is 29.2. The minimum atomic E-state index is -0.656. The standard InChI is InChI=1S/C15H25N3O2/c1-11-13(16-8-10-18-9-4-7-17-18)6-5-12(14(19)20)15(11,2)3/h4,7,9,11-13,16H,5-6,8,10H2,1-3H3,(H,19,20). The lowest BCUT2D eigenvalue weighted by molar-refractivity contribution is -0.150. The van der Waals surface area contributed by atoms with Gasteiger partial charge in [-0.2, -0.15) is 5.10 Å². The van der Waals surface area contributed by atoms with Gasteiger partial charge in [0.1, 0.15) is 0 Å². The third kappa shape index (κ3) is 3.03. The van der Waals surface area contributed by atoms with Crippen LogP contribution in [0.15, 0.2) is 18.5 Å². The van der Waals surface area contributed by atoms with E-state index in [-0.39, 0.29) is 11.3 Å². The Hall–Kier alpha value is -1.36. The van der Waals surface area contributed by atoms with Crippen LogP contribution in [0.1, 0.15) is 33.6 Å². The molecular formula is C15H25N3O2. The molecule has 0 aromatic carbocycles. The van der Waals surface area contributed by atoms with Crippen LogP contribution in [0.5, 0.6) is 0 Å². The van der Waals surface area contributed by atoms with Gasteiger partial charge in [0.2, 0.25) is 0 Å². The van der Waals surface area contributed by atoms with E-state index in [2.05, 4.69) is 31.2 Å². The van der Waals surface area contributed by atoms with Crippen molar-refractivity contribution in [3.8, 4) is 0 Å². The number of carboxylic acid groups (broad SMARTS) is 1. The van der Waals surface area contributed by atoms with E-state index in [0.717, 1.165) is 25.9 Å². The third-order valence-corrected chi connectivity index (χ3v) is 5.05. The molecule has 2 rings (SSSR count). The molecule has 0 amide bonds. The molecule has 5 nitrogen and oxygen atoms in total. The fourth-order valence-electron chi connectivity index (χ4n) is 3.32. The summed E-state index contributed by atoms with van der Waals surface area (Å²) in [5, 5.41) is 17.1. The first-order valence-corrected chi connectivity index (χ1v) is 7.36. The van der Waals surface area contributed by atoms with Gasteiger partial charge in [-0.1, -0.05) is 20.8 Å². The summed E-state index contributed by atoms with van der Waals surface area (Å²) in [4.78, 5) is 11.4. The van der Waals surface area contributed by atoms with Gasteiger partial charge < -0.3 is 10.4 Å². The predicted octanol–water partition coefficient (Wildman–Crippen LogP) is 2.00. The highest BCUT2D eigenvalue weighted by atomic mass is 16.4. The van der Waals surface area contributed by atoms with E-state index >= 15 is 0 Å². The van der Waals surface area contributed by atoms with Gasteiger partial charge in [0, 0.05) is 25.0 Å². The van der Waals surface area contributed by atoms with E-state index in [0.29, 0.717) is 12.0 Å². The van der Waals surface area contributed by atoms with Gasteiger partial charge in [-0.25, -0.2) is 0 Å². The molecule has 1 aliphatic carbocycles. The molecule has 0 radical (unpaired) electrons. The van der Waals surface area contributed by atoms with Crippen molar-refractivity contribution in [2.24, 2.45) is 17.3 Å². The van der Waals surface area contributed by atoms with Crippen LogP contribution >= 0.6 is 0 Å². The molecule has 3 atom stereocenters. The summed E-state index contributed by atoms with van der Waals surface area (Å²) in [6, 6.07) is 2.31. The molecule has 1 heterocycles. The van der Waals surface area contributed by atoms with Gasteiger partial charge >= 0.3 is 5.97 Å². The maximum absolute atomic E-state index is 11.4. The molecule has 0 spiro atoms. The first-order chi connectivity index (χ1) is 9.43. The van der Waals surface area contributed by atoms with E-state index in [1.54, 1.807) is 6.20 Å². The summed E-state index contributed by atoms with van der Waals surface area (Å²) < 4.78 is 1.91. The molecule has 1 aromatic heterocycles. The van der Waals surface area contributed by atoms with E-state index in [9.17, 15) is 9.90 Å². The number of aromatic nitrogens is 2. The van der Waals surface area contributed by atoms with Crippen molar-refractivity contribution in [3.63, 3.8) is 0 Å². The van der Waals surface area contributed by atoms with Crippen molar-refractivity contribution < 1.29 is 9.90 Å². The zero-order valence-electron chi connectivity index (χ0n) is 12.5. The van der Waals surface area contributed by atoms with Gasteiger partial charge in [-0.3, -0.25) is 9.48 Å². The van der Waals surface area contributed by atoms with Crippen LogP contribution in [0.4, 0.5) is 0 Å². The number of aliphatic carboxylic acids is 1. The van der Waals surface area contributed by atoms with Crippen LogP contribution in [0.2, 0.25) is 0 Å². The highest BCUT2D eigenvalue weighted by Crippen LogP contribution is 2.44. The Labute approximate surface area is 120 Å². The maximum atomic E-state index is 11.4. The number of nitrogens with one attached hydrogen (secondary N) is 1. The zero-order chi connectivity index (χ0) is 14.8. The summed E-state index contributed by atoms with van der Waals surface area (Å²) in [6.45, 7) is 8.04. The lowest BCUT2D eigenvalue weighted by atomic mass is 9.61. The fraction of sp³-hybridized carbons (Fsp3) is 0.733. The molecule has 20 heavy (non-hydrogen) atoms. The summed E-state index contributed by atoms with van der Waals surface area (Å²) in [6.07, 6.45) is 5.42. The van der Waals surface area contributed by atoms with Crippen LogP contribution in [-0.2, 0) is 11.3 Å². The molecular weight excluding hydrogens is 254 g/mol. The minimum Gasteiger partial charge on any atom is -0.481 e. The van der Waals surface area contributed by atoms with Crippen molar-refractivity contribution in [1.29, 1.82) is 0 Å². The average Bonchev–Trinajstić information content (AvgIpc) is 2.87. The first-order valence-electron chi connectivity index (χ1n) is 7.36. The van der Waals surface area contributed by atoms with Gasteiger partial charge in [0.15, 0.2) is 0 Å². The van der Waals surface area contributed by atoms with Crippen molar-refractivity contribution >= 4 is 5.97 Å². The Morgan fingerprint density at radius 3 is 2.85 bits per heavy atom. The number of carboxylic acids is 1. The maximum Gasteiger partial charge on any atom is 0.307 e. The number of nitrogens with zero attached hydrogens (tertiary/aromatic N) is 2. The van der Waals surface area contributed by atoms with Crippen LogP contribution in [0.3, 0.4) is 0 Å². The zero-order valence-corrected chi connectivity index (χ0v) is 12.5. The molecule has 0 aliphatic heterocycles. The predicted molar refractivity (Wildman–Crippen MR) is 77.3 cm³/mol. The largest absolute Gasteiger partial charge is 0.481 e. The molecule has 1 aliphatic rings. The van der Waals surface area contributed by atoms with E-state index in [1.807, 2.05) is 16.9 Å². The van der Waals surface area contributed by atoms with Crippen LogP contribution in [0, 0.1) is 17.3 Å². The van der Waals surface area contributed by atoms with Gasteiger partial charge in [0.05, 0.1) is 12.5 Å². The summed E-state index contributed by atoms with van der Waals surface area (Å²) in [5.74, 6) is -0.548. The molecule has 5 heteroatoms. The van der Waals surface area contributed by atoms with Gasteiger partial charge in [0.25, 0.3) is 0 Å². The molecule has 0 bridgehead atoms. The Bertz CT molecular complexity index is 442. The van der Waals surface area contributed by atoms with Crippen LogP contribution in [0.25, 0.3) is 0 Å². The molecule has 112 valence electrons. The van der Waals surface area contributed by atoms with Crippen molar-refractivity contribution in [3.05, 3.63) is 18.5 Å². The third-order valence-electron chi connectivity index (χ3n) is 5.05. The van der Waals surface area contributed by atoms with Crippen molar-refractivity contribution in [1.82, 2.24) is 15.1 Å². The molecule has 1 saturated carbocycles. The van der Waals surface area contributed by atoms with Crippen molar-refractivity contribution in [2.75, 3.05) is 6.54 Å². The second-order valence-electron chi connectivity index (χ2n) is 6.41. The summed E-state index contributed by atoms with van der Waals surface area (Å²) >= 11 is 0. The second-order valence-corrected chi connectivity index (χ2v) is 6.41. The quantitative estimate of drug-likeness (QED) is 0.865. The SMILES string of the molecule is CC1C(NCCn2cccn2)CCC(C(=O)O)C1(C)C. The number of carbonyl (C=O) groups is 1. The monoisotopic (exact) mass is 279 g/mol. The minimum absolute atomic E-state index is 0.173. The average molecular weight is 279 g/mol. The first kappa shape index (κ1) is 15.0. The van der Waals surface area contributed by atoms with Crippen LogP contribution in [-0.4, -0.2) is 33.4 Å². The molecule has 3 unspecified atom stereocenters. The Balaban J connectivity index is 1.89. The summed E-state index contributed by atoms with van der Waals surface area (Å²) in [5.41, 5.74) is -0.173. The highest BCUT2D eigenvalue weighted by Gasteiger charge is 2.45. The van der Waals surface area contributed by atoms with Crippen LogP contribution < -0.4 is 5.32 Å². The van der Waals surface area contributed by atoms with E-state index in [4.69, 9.17) is 0 Å². The Morgan fingerprint density at radius 1 is 1.50 bits per heavy atom. The lowest BCUT2D eigenvalue weighted by Crippen LogP contribution is -2.51. The Morgan fingerprint density at radius 2 is 2.25 bits per heavy atom. The number of rotatable bonds is 5. The summed E-state index contributed by atoms with van der Waals surface area (Å²) in [7, 11) is 0. The lowest BCUT2D eigenvalue weighted by Gasteiger charge is -2.46. The topological polar surface area (TPSA) is 67.2 Å². The number of hydrogen-bond donors (Lipinski definition) is 2. The van der Waals surface area contributed by atoms with Gasteiger partial charge in [-0.05, 0) is 30.2 Å². The smallest absolute Gasteiger partial charge is 0.307 e. The Kier molecular flexibility index (Phi) is 4.48. The molecule has 2 N–H and O–H groups in total. The molecule has 1 fully saturated rings.